The Bertz CT molecular complexity index is 870. The van der Waals surface area contributed by atoms with Crippen LogP contribution in [0.25, 0.3) is 11.4 Å². The summed E-state index contributed by atoms with van der Waals surface area (Å²) >= 11 is 0. The van der Waals surface area contributed by atoms with Crippen LogP contribution in [0.15, 0.2) is 33.3 Å². The Morgan fingerprint density at radius 1 is 1.12 bits per heavy atom. The lowest BCUT2D eigenvalue weighted by Gasteiger charge is -2.29. The molecule has 0 bridgehead atoms. The van der Waals surface area contributed by atoms with Gasteiger partial charge in [0.1, 0.15) is 11.6 Å². The molecule has 0 spiro atoms. The van der Waals surface area contributed by atoms with Crippen molar-refractivity contribution < 1.29 is 18.2 Å². The minimum Gasteiger partial charge on any atom is -0.378 e. The normalized spacial score (nSPS) is 14.9. The average Bonchev–Trinajstić information content (AvgIpc) is 3.25. The van der Waals surface area contributed by atoms with E-state index >= 15 is 0 Å². The molecule has 1 aliphatic rings. The molecule has 0 amide bonds. The maximum absolute atomic E-state index is 14.5. The number of anilines is 1. The molecule has 0 aliphatic carbocycles. The maximum atomic E-state index is 14.5. The molecule has 2 aromatic heterocycles. The second-order valence-corrected chi connectivity index (χ2v) is 5.88. The summed E-state index contributed by atoms with van der Waals surface area (Å²) in [6.45, 7) is 4.39. The number of halogens is 1. The third-order valence-corrected chi connectivity index (χ3v) is 4.03. The number of nitrogens with zero attached hydrogens (tertiary/aromatic N) is 4. The van der Waals surface area contributed by atoms with Crippen molar-refractivity contribution in [3.8, 4) is 11.4 Å². The van der Waals surface area contributed by atoms with Gasteiger partial charge in [0, 0.05) is 24.7 Å². The molecule has 130 valence electrons. The van der Waals surface area contributed by atoms with Gasteiger partial charge < -0.3 is 18.7 Å². The lowest BCUT2D eigenvalue weighted by atomic mass is 10.1. The van der Waals surface area contributed by atoms with Crippen LogP contribution < -0.4 is 4.90 Å². The number of hydrogen-bond donors (Lipinski definition) is 0. The highest BCUT2D eigenvalue weighted by atomic mass is 19.1. The number of rotatable bonds is 4. The zero-order valence-corrected chi connectivity index (χ0v) is 13.7. The monoisotopic (exact) mass is 344 g/mol. The first-order valence-corrected chi connectivity index (χ1v) is 8.06. The van der Waals surface area contributed by atoms with E-state index in [1.807, 2.05) is 11.8 Å². The van der Waals surface area contributed by atoms with Gasteiger partial charge in [-0.1, -0.05) is 10.3 Å². The van der Waals surface area contributed by atoms with Crippen molar-refractivity contribution in [1.29, 1.82) is 0 Å². The first-order valence-electron chi connectivity index (χ1n) is 8.06. The average molecular weight is 344 g/mol. The van der Waals surface area contributed by atoms with Gasteiger partial charge in [0.25, 0.3) is 0 Å². The molecule has 1 aromatic carbocycles. The molecule has 4 rings (SSSR count). The predicted octanol–water partition coefficient (Wildman–Crippen LogP) is 2.60. The molecular formula is C17H17FN4O3. The Kier molecular flexibility index (Phi) is 4.19. The molecule has 7 nitrogen and oxygen atoms in total. The van der Waals surface area contributed by atoms with Gasteiger partial charge >= 0.3 is 0 Å². The number of hydrogen-bond acceptors (Lipinski definition) is 7. The highest BCUT2D eigenvalue weighted by Gasteiger charge is 2.17. The van der Waals surface area contributed by atoms with Gasteiger partial charge in [-0.05, 0) is 25.1 Å². The third kappa shape index (κ3) is 3.39. The zero-order chi connectivity index (χ0) is 17.2. The molecule has 0 radical (unpaired) electrons. The summed E-state index contributed by atoms with van der Waals surface area (Å²) in [5.41, 5.74) is 1.84. The number of aryl methyl sites for hydroxylation is 1. The molecule has 1 aliphatic heterocycles. The fourth-order valence-corrected chi connectivity index (χ4v) is 2.81. The summed E-state index contributed by atoms with van der Waals surface area (Å²) in [5.74, 6) is 1.16. The van der Waals surface area contributed by atoms with Crippen LogP contribution >= 0.6 is 0 Å². The molecule has 3 aromatic rings. The summed E-state index contributed by atoms with van der Waals surface area (Å²) in [6.07, 6.45) is 0.374. The molecule has 0 saturated carbocycles. The first-order chi connectivity index (χ1) is 12.2. The van der Waals surface area contributed by atoms with Gasteiger partial charge in [0.2, 0.25) is 11.7 Å². The Labute approximate surface area is 143 Å². The molecule has 8 heteroatoms. The number of benzene rings is 1. The van der Waals surface area contributed by atoms with Crippen molar-refractivity contribution in [2.75, 3.05) is 31.2 Å². The van der Waals surface area contributed by atoms with E-state index in [2.05, 4.69) is 15.3 Å². The minimum absolute atomic E-state index is 0.308. The minimum atomic E-state index is -0.308. The van der Waals surface area contributed by atoms with E-state index in [9.17, 15) is 4.39 Å². The van der Waals surface area contributed by atoms with E-state index in [-0.39, 0.29) is 5.82 Å². The molecule has 1 fully saturated rings. The van der Waals surface area contributed by atoms with Crippen LogP contribution in [0.5, 0.6) is 0 Å². The summed E-state index contributed by atoms with van der Waals surface area (Å²) in [6, 6.07) is 6.77. The van der Waals surface area contributed by atoms with Gasteiger partial charge in [0.15, 0.2) is 0 Å². The van der Waals surface area contributed by atoms with Crippen LogP contribution in [0.1, 0.15) is 17.3 Å². The molecule has 1 saturated heterocycles. The van der Waals surface area contributed by atoms with Crippen LogP contribution in [0.4, 0.5) is 10.1 Å². The van der Waals surface area contributed by atoms with Crippen LogP contribution in [-0.2, 0) is 11.2 Å². The molecule has 0 atom stereocenters. The largest absolute Gasteiger partial charge is 0.378 e. The van der Waals surface area contributed by atoms with Gasteiger partial charge in [-0.2, -0.15) is 4.98 Å². The van der Waals surface area contributed by atoms with Crippen LogP contribution in [0, 0.1) is 12.7 Å². The molecular weight excluding hydrogens is 327 g/mol. The van der Waals surface area contributed by atoms with E-state index in [4.69, 9.17) is 13.8 Å². The van der Waals surface area contributed by atoms with Crippen molar-refractivity contribution in [3.63, 3.8) is 0 Å². The van der Waals surface area contributed by atoms with Crippen LogP contribution in [-0.4, -0.2) is 41.6 Å². The quantitative estimate of drug-likeness (QED) is 0.720. The number of ether oxygens (including phenoxy) is 1. The van der Waals surface area contributed by atoms with Crippen LogP contribution in [0.3, 0.4) is 0 Å². The molecule has 25 heavy (non-hydrogen) atoms. The Balaban J connectivity index is 1.52. The summed E-state index contributed by atoms with van der Waals surface area (Å²) in [5, 5.41) is 7.82. The van der Waals surface area contributed by atoms with Crippen LogP contribution in [0.2, 0.25) is 0 Å². The van der Waals surface area contributed by atoms with Crippen molar-refractivity contribution in [3.05, 3.63) is 47.4 Å². The zero-order valence-electron chi connectivity index (χ0n) is 13.7. The van der Waals surface area contributed by atoms with Gasteiger partial charge in [-0.3, -0.25) is 0 Å². The van der Waals surface area contributed by atoms with Gasteiger partial charge in [0.05, 0.1) is 31.0 Å². The second-order valence-electron chi connectivity index (χ2n) is 5.88. The Hall–Kier alpha value is -2.74. The predicted molar refractivity (Wildman–Crippen MR) is 86.8 cm³/mol. The molecule has 0 N–H and O–H groups in total. The topological polar surface area (TPSA) is 77.4 Å². The summed E-state index contributed by atoms with van der Waals surface area (Å²) < 4.78 is 30.0. The van der Waals surface area contributed by atoms with E-state index in [0.29, 0.717) is 61.4 Å². The molecule has 0 unspecified atom stereocenters. The third-order valence-electron chi connectivity index (χ3n) is 4.03. The van der Waals surface area contributed by atoms with Crippen molar-refractivity contribution >= 4 is 5.69 Å². The molecule has 3 heterocycles. The van der Waals surface area contributed by atoms with Gasteiger partial charge in [-0.15, -0.1) is 0 Å². The fourth-order valence-electron chi connectivity index (χ4n) is 2.81. The number of aromatic nitrogens is 3. The van der Waals surface area contributed by atoms with Gasteiger partial charge in [-0.25, -0.2) is 4.39 Å². The van der Waals surface area contributed by atoms with Crippen molar-refractivity contribution in [2.45, 2.75) is 13.3 Å². The first kappa shape index (κ1) is 15.8. The van der Waals surface area contributed by atoms with Crippen molar-refractivity contribution in [1.82, 2.24) is 15.3 Å². The highest BCUT2D eigenvalue weighted by molar-refractivity contribution is 5.61. The SMILES string of the molecule is Cc1cc(Cc2nc(-c3ccc(N4CCOCC4)c(F)c3)no2)no1. The van der Waals surface area contributed by atoms with E-state index in [1.54, 1.807) is 18.2 Å². The highest BCUT2D eigenvalue weighted by Crippen LogP contribution is 2.26. The van der Waals surface area contributed by atoms with E-state index < -0.39 is 0 Å². The lowest BCUT2D eigenvalue weighted by Crippen LogP contribution is -2.36. The smallest absolute Gasteiger partial charge is 0.233 e. The standard InChI is InChI=1S/C17H17FN4O3/c1-11-8-13(20-24-11)10-16-19-17(21-25-16)12-2-3-15(14(18)9-12)22-4-6-23-7-5-22/h2-3,8-9H,4-7,10H2,1H3. The van der Waals surface area contributed by atoms with E-state index in [1.165, 1.54) is 6.07 Å². The second kappa shape index (κ2) is 6.64. The maximum Gasteiger partial charge on any atom is 0.233 e. The fraction of sp³-hybridized carbons (Fsp3) is 0.353. The number of morpholine rings is 1. The Morgan fingerprint density at radius 2 is 1.96 bits per heavy atom. The summed E-state index contributed by atoms with van der Waals surface area (Å²) in [7, 11) is 0. The van der Waals surface area contributed by atoms with E-state index in [0.717, 1.165) is 5.76 Å². The van der Waals surface area contributed by atoms with Crippen molar-refractivity contribution in [2.24, 2.45) is 0 Å². The lowest BCUT2D eigenvalue weighted by molar-refractivity contribution is 0.122. The Morgan fingerprint density at radius 3 is 2.68 bits per heavy atom. The summed E-state index contributed by atoms with van der Waals surface area (Å²) in [4.78, 5) is 6.28.